The van der Waals surface area contributed by atoms with Crippen LogP contribution >= 0.6 is 0 Å². The topological polar surface area (TPSA) is 110 Å². The van der Waals surface area contributed by atoms with E-state index >= 15 is 0 Å². The molecule has 43 heavy (non-hydrogen) atoms. The van der Waals surface area contributed by atoms with Crippen molar-refractivity contribution in [3.05, 3.63) is 76.5 Å². The van der Waals surface area contributed by atoms with Gasteiger partial charge in [0.1, 0.15) is 10.4 Å². The van der Waals surface area contributed by atoms with E-state index in [1.54, 1.807) is 6.07 Å². The van der Waals surface area contributed by atoms with Crippen molar-refractivity contribution in [1.29, 1.82) is 0 Å². The second kappa shape index (κ2) is 13.0. The molecule has 0 spiro atoms. The summed E-state index contributed by atoms with van der Waals surface area (Å²) in [5.74, 6) is 7.40. The van der Waals surface area contributed by atoms with Gasteiger partial charge in [-0.05, 0) is 82.7 Å². The minimum Gasteiger partial charge on any atom is -0.597 e. The number of hydrogen-bond donors (Lipinski definition) is 2. The van der Waals surface area contributed by atoms with Crippen molar-refractivity contribution in [3.8, 4) is 34.6 Å². The number of ether oxygens (including phenoxy) is 2. The summed E-state index contributed by atoms with van der Waals surface area (Å²) < 4.78 is 25.9. The zero-order chi connectivity index (χ0) is 30.7. The number of benzene rings is 2. The van der Waals surface area contributed by atoms with E-state index in [9.17, 15) is 14.5 Å². The predicted molar refractivity (Wildman–Crippen MR) is 167 cm³/mol. The van der Waals surface area contributed by atoms with Gasteiger partial charge < -0.3 is 24.4 Å². The molecule has 2 aromatic carbocycles. The standard InChI is InChI=1S/C33H38N4O5S/c1-33(2,3)43(40)37-20-25-18-26(32(39)34-19-23-11-12-28-29(17-23)42-21-41-28)35-31(30(25)27(37)13-15-38)24-10-6-8-22(16-24)9-7-14-36(4)5/h6,8,10-12,16-18,27,38H,13-15,19-21H2,1-5H3,(H,34,39)/t27-,43-/m0/s1. The van der Waals surface area contributed by atoms with Crippen LogP contribution in [0.1, 0.15) is 66.0 Å². The lowest BCUT2D eigenvalue weighted by atomic mass is 9.95. The maximum absolute atomic E-state index is 13.7. The molecular formula is C33H38N4O5S. The summed E-state index contributed by atoms with van der Waals surface area (Å²) in [6, 6.07) is 14.8. The van der Waals surface area contributed by atoms with Crippen LogP contribution in [0.25, 0.3) is 11.3 Å². The van der Waals surface area contributed by atoms with Gasteiger partial charge in [-0.15, -0.1) is 4.31 Å². The van der Waals surface area contributed by atoms with Gasteiger partial charge in [-0.2, -0.15) is 0 Å². The van der Waals surface area contributed by atoms with E-state index in [1.807, 2.05) is 86.5 Å². The number of hydrogen-bond acceptors (Lipinski definition) is 8. The van der Waals surface area contributed by atoms with E-state index in [0.717, 1.165) is 27.8 Å². The number of aliphatic hydroxyl groups is 1. The van der Waals surface area contributed by atoms with Crippen molar-refractivity contribution in [2.75, 3.05) is 34.0 Å². The number of nitrogens with zero attached hydrogens (tertiary/aromatic N) is 3. The van der Waals surface area contributed by atoms with Crippen LogP contribution in [0.4, 0.5) is 0 Å². The van der Waals surface area contributed by atoms with Crippen LogP contribution in [0.2, 0.25) is 0 Å². The minimum atomic E-state index is -1.35. The van der Waals surface area contributed by atoms with Crippen LogP contribution in [0.15, 0.2) is 48.5 Å². The second-order valence-corrected chi connectivity index (χ2v) is 14.1. The Labute approximate surface area is 256 Å². The summed E-state index contributed by atoms with van der Waals surface area (Å²) in [4.78, 5) is 20.4. The molecule has 0 saturated carbocycles. The first kappa shape index (κ1) is 30.9. The third kappa shape index (κ3) is 6.98. The molecule has 2 aliphatic rings. The van der Waals surface area contributed by atoms with Crippen LogP contribution in [-0.4, -0.2) is 68.5 Å². The van der Waals surface area contributed by atoms with Crippen LogP contribution in [0, 0.1) is 11.8 Å². The SMILES string of the molecule is CN(C)CC#Cc1cccc(-c2nc(C(=O)NCc3ccc4c(c3)OCO4)cc3c2[C@H](CCO)N([S@@+]([O-])C(C)(C)C)C3)c1. The zero-order valence-corrected chi connectivity index (χ0v) is 26.1. The molecule has 3 aromatic rings. The Hall–Kier alpha value is -3.59. The normalized spacial score (nSPS) is 16.5. The first-order chi connectivity index (χ1) is 20.5. The molecule has 0 fully saturated rings. The van der Waals surface area contributed by atoms with Gasteiger partial charge in [-0.25, -0.2) is 4.98 Å². The van der Waals surface area contributed by atoms with Crippen LogP contribution in [0.5, 0.6) is 11.5 Å². The van der Waals surface area contributed by atoms with E-state index in [4.69, 9.17) is 14.5 Å². The molecule has 0 radical (unpaired) electrons. The van der Waals surface area contributed by atoms with Crippen molar-refractivity contribution in [2.45, 2.75) is 51.1 Å². The fourth-order valence-electron chi connectivity index (χ4n) is 5.17. The molecule has 10 heteroatoms. The first-order valence-electron chi connectivity index (χ1n) is 14.3. The number of nitrogens with one attached hydrogen (secondary N) is 1. The minimum absolute atomic E-state index is 0.0742. The number of pyridine rings is 1. The third-order valence-corrected chi connectivity index (χ3v) is 9.03. The Kier molecular flexibility index (Phi) is 9.30. The summed E-state index contributed by atoms with van der Waals surface area (Å²) in [7, 11) is 3.94. The van der Waals surface area contributed by atoms with E-state index in [1.165, 1.54) is 0 Å². The highest BCUT2D eigenvalue weighted by Crippen LogP contribution is 2.45. The molecule has 3 heterocycles. The molecule has 0 saturated heterocycles. The Balaban J connectivity index is 1.53. The number of aliphatic hydroxyl groups excluding tert-OH is 1. The molecule has 2 atom stereocenters. The summed E-state index contributed by atoms with van der Waals surface area (Å²) in [6.07, 6.45) is 0.390. The Morgan fingerprint density at radius 3 is 2.72 bits per heavy atom. The van der Waals surface area contributed by atoms with E-state index in [-0.39, 0.29) is 37.6 Å². The number of carbonyl (C=O) groups excluding carboxylic acids is 1. The molecule has 1 amide bonds. The first-order valence-corrected chi connectivity index (χ1v) is 15.4. The van der Waals surface area contributed by atoms with Crippen molar-refractivity contribution in [1.82, 2.24) is 19.5 Å². The fourth-order valence-corrected chi connectivity index (χ4v) is 6.58. The van der Waals surface area contributed by atoms with Gasteiger partial charge in [0.2, 0.25) is 6.79 Å². The van der Waals surface area contributed by atoms with Crippen molar-refractivity contribution >= 4 is 17.3 Å². The zero-order valence-electron chi connectivity index (χ0n) is 25.3. The molecule has 1 aromatic heterocycles. The van der Waals surface area contributed by atoms with E-state index in [2.05, 4.69) is 17.2 Å². The van der Waals surface area contributed by atoms with E-state index in [0.29, 0.717) is 36.7 Å². The maximum Gasteiger partial charge on any atom is 0.270 e. The molecule has 2 aliphatic heterocycles. The molecule has 0 bridgehead atoms. The van der Waals surface area contributed by atoms with Crippen LogP contribution in [0.3, 0.4) is 0 Å². The summed E-state index contributed by atoms with van der Waals surface area (Å²) in [5, 5.41) is 13.0. The number of aromatic nitrogens is 1. The molecular weight excluding hydrogens is 564 g/mol. The average molecular weight is 603 g/mol. The molecule has 5 rings (SSSR count). The summed E-state index contributed by atoms with van der Waals surface area (Å²) in [5.41, 5.74) is 5.18. The smallest absolute Gasteiger partial charge is 0.270 e. The van der Waals surface area contributed by atoms with Crippen LogP contribution < -0.4 is 14.8 Å². The monoisotopic (exact) mass is 602 g/mol. The largest absolute Gasteiger partial charge is 0.597 e. The van der Waals surface area contributed by atoms with Crippen molar-refractivity contribution in [3.63, 3.8) is 0 Å². The summed E-state index contributed by atoms with van der Waals surface area (Å²) >= 11 is -1.35. The van der Waals surface area contributed by atoms with Gasteiger partial charge in [-0.1, -0.05) is 30.0 Å². The maximum atomic E-state index is 13.7. The van der Waals surface area contributed by atoms with Gasteiger partial charge in [0.25, 0.3) is 5.91 Å². The predicted octanol–water partition coefficient (Wildman–Crippen LogP) is 4.02. The molecule has 2 N–H and O–H groups in total. The fraction of sp³-hybridized carbons (Fsp3) is 0.394. The Morgan fingerprint density at radius 1 is 1.19 bits per heavy atom. The number of carbonyl (C=O) groups is 1. The second-order valence-electron chi connectivity index (χ2n) is 11.9. The Bertz CT molecular complexity index is 1560. The highest BCUT2D eigenvalue weighted by atomic mass is 32.2. The van der Waals surface area contributed by atoms with E-state index < -0.39 is 16.1 Å². The molecule has 0 aliphatic carbocycles. The van der Waals surface area contributed by atoms with Gasteiger partial charge in [0.15, 0.2) is 11.5 Å². The van der Waals surface area contributed by atoms with Gasteiger partial charge in [0.05, 0.1) is 24.8 Å². The average Bonchev–Trinajstić information content (AvgIpc) is 3.59. The van der Waals surface area contributed by atoms with Gasteiger partial charge in [-0.3, -0.25) is 9.69 Å². The third-order valence-electron chi connectivity index (χ3n) is 7.18. The lowest BCUT2D eigenvalue weighted by Crippen LogP contribution is -2.42. The summed E-state index contributed by atoms with van der Waals surface area (Å²) in [6.45, 7) is 7.21. The number of fused-ring (bicyclic) bond motifs is 2. The van der Waals surface area contributed by atoms with Crippen LogP contribution in [-0.2, 0) is 24.5 Å². The van der Waals surface area contributed by atoms with Crippen molar-refractivity contribution in [2.24, 2.45) is 0 Å². The molecule has 9 nitrogen and oxygen atoms in total. The highest BCUT2D eigenvalue weighted by Gasteiger charge is 2.44. The number of amides is 1. The Morgan fingerprint density at radius 2 is 1.98 bits per heavy atom. The highest BCUT2D eigenvalue weighted by molar-refractivity contribution is 7.90. The quantitative estimate of drug-likeness (QED) is 0.294. The van der Waals surface area contributed by atoms with Gasteiger partial charge >= 0.3 is 0 Å². The lowest BCUT2D eigenvalue weighted by molar-refractivity contribution is 0.0945. The molecule has 0 unspecified atom stereocenters. The molecule has 226 valence electrons. The van der Waals surface area contributed by atoms with Crippen molar-refractivity contribution < 1.29 is 23.9 Å². The lowest BCUT2D eigenvalue weighted by Gasteiger charge is -2.33. The number of rotatable bonds is 8. The van der Waals surface area contributed by atoms with Gasteiger partial charge in [0, 0.05) is 41.2 Å².